The van der Waals surface area contributed by atoms with Crippen molar-refractivity contribution in [3.05, 3.63) is 52.7 Å². The van der Waals surface area contributed by atoms with Crippen molar-refractivity contribution in [3.8, 4) is 0 Å². The SMILES string of the molecule is O=C(CN1CCCCCC1)N1CCCC(c2ncc(Cc3cccc(Cl)c3)o2)C1. The van der Waals surface area contributed by atoms with Gasteiger partial charge >= 0.3 is 0 Å². The first-order valence-corrected chi connectivity index (χ1v) is 11.2. The molecule has 0 N–H and O–H groups in total. The molecule has 5 nitrogen and oxygen atoms in total. The molecule has 2 saturated heterocycles. The Kier molecular flexibility index (Phi) is 6.88. The van der Waals surface area contributed by atoms with Crippen LogP contribution in [0.3, 0.4) is 0 Å². The second kappa shape index (κ2) is 9.77. The maximum Gasteiger partial charge on any atom is 0.236 e. The monoisotopic (exact) mass is 415 g/mol. The number of nitrogens with zero attached hydrogens (tertiary/aromatic N) is 3. The van der Waals surface area contributed by atoms with E-state index in [0.717, 1.165) is 54.7 Å². The van der Waals surface area contributed by atoms with Gasteiger partial charge in [-0.15, -0.1) is 0 Å². The molecule has 2 aliphatic rings. The van der Waals surface area contributed by atoms with E-state index in [9.17, 15) is 4.79 Å². The summed E-state index contributed by atoms with van der Waals surface area (Å²) < 4.78 is 6.06. The number of piperidine rings is 1. The molecular formula is C23H30ClN3O2. The molecule has 2 aromatic rings. The van der Waals surface area contributed by atoms with Gasteiger partial charge in [-0.2, -0.15) is 0 Å². The van der Waals surface area contributed by atoms with E-state index < -0.39 is 0 Å². The van der Waals surface area contributed by atoms with Crippen LogP contribution >= 0.6 is 11.6 Å². The summed E-state index contributed by atoms with van der Waals surface area (Å²) >= 11 is 6.08. The summed E-state index contributed by atoms with van der Waals surface area (Å²) in [5.41, 5.74) is 1.11. The lowest BCUT2D eigenvalue weighted by atomic mass is 9.98. The minimum Gasteiger partial charge on any atom is -0.445 e. The van der Waals surface area contributed by atoms with Crippen molar-refractivity contribution in [1.29, 1.82) is 0 Å². The molecule has 0 radical (unpaired) electrons. The molecule has 156 valence electrons. The van der Waals surface area contributed by atoms with E-state index in [1.807, 2.05) is 35.4 Å². The Labute approximate surface area is 178 Å². The number of rotatable bonds is 5. The van der Waals surface area contributed by atoms with Gasteiger partial charge in [-0.25, -0.2) is 4.98 Å². The molecule has 0 spiro atoms. The molecule has 1 amide bonds. The Hall–Kier alpha value is -1.85. The minimum atomic E-state index is 0.185. The molecule has 0 bridgehead atoms. The summed E-state index contributed by atoms with van der Waals surface area (Å²) in [5, 5.41) is 0.730. The number of hydrogen-bond acceptors (Lipinski definition) is 4. The average Bonchev–Trinajstić information content (AvgIpc) is 3.03. The van der Waals surface area contributed by atoms with E-state index >= 15 is 0 Å². The zero-order valence-electron chi connectivity index (χ0n) is 17.0. The second-order valence-electron chi connectivity index (χ2n) is 8.34. The van der Waals surface area contributed by atoms with Crippen LogP contribution in [-0.4, -0.2) is 53.4 Å². The fraction of sp³-hybridized carbons (Fsp3) is 0.565. The van der Waals surface area contributed by atoms with Crippen LogP contribution in [0.4, 0.5) is 0 Å². The van der Waals surface area contributed by atoms with Crippen molar-refractivity contribution in [3.63, 3.8) is 0 Å². The van der Waals surface area contributed by atoms with Crippen LogP contribution in [0, 0.1) is 0 Å². The van der Waals surface area contributed by atoms with Gasteiger partial charge in [0.25, 0.3) is 0 Å². The zero-order chi connectivity index (χ0) is 20.1. The standard InChI is InChI=1S/C23H30ClN3O2/c24-20-9-5-7-18(13-20)14-21-15-25-23(29-21)19-8-6-12-27(16-19)22(28)17-26-10-3-1-2-4-11-26/h5,7,9,13,15,19H,1-4,6,8,10-12,14,16-17H2. The molecule has 2 fully saturated rings. The summed E-state index contributed by atoms with van der Waals surface area (Å²) in [6, 6.07) is 7.81. The van der Waals surface area contributed by atoms with Gasteiger partial charge in [0.2, 0.25) is 5.91 Å². The predicted molar refractivity (Wildman–Crippen MR) is 114 cm³/mol. The highest BCUT2D eigenvalue weighted by Gasteiger charge is 2.28. The van der Waals surface area contributed by atoms with Crippen molar-refractivity contribution in [2.24, 2.45) is 0 Å². The maximum absolute atomic E-state index is 12.9. The Balaban J connectivity index is 1.34. The molecule has 0 saturated carbocycles. The van der Waals surface area contributed by atoms with Crippen molar-refractivity contribution >= 4 is 17.5 Å². The largest absolute Gasteiger partial charge is 0.445 e. The van der Waals surface area contributed by atoms with Gasteiger partial charge in [-0.1, -0.05) is 36.6 Å². The number of amides is 1. The highest BCUT2D eigenvalue weighted by atomic mass is 35.5. The third-order valence-corrected chi connectivity index (χ3v) is 6.25. The molecule has 29 heavy (non-hydrogen) atoms. The van der Waals surface area contributed by atoms with Crippen LogP contribution in [0.15, 0.2) is 34.9 Å². The smallest absolute Gasteiger partial charge is 0.236 e. The number of carbonyl (C=O) groups is 1. The van der Waals surface area contributed by atoms with E-state index in [1.165, 1.54) is 25.7 Å². The summed E-state index contributed by atoms with van der Waals surface area (Å²) in [7, 11) is 0. The molecule has 0 aliphatic carbocycles. The third kappa shape index (κ3) is 5.61. The molecule has 2 aliphatic heterocycles. The van der Waals surface area contributed by atoms with Gasteiger partial charge in [-0.05, 0) is 56.5 Å². The minimum absolute atomic E-state index is 0.185. The van der Waals surface area contributed by atoms with Crippen LogP contribution in [0.1, 0.15) is 61.7 Å². The Morgan fingerprint density at radius 2 is 1.97 bits per heavy atom. The fourth-order valence-electron chi connectivity index (χ4n) is 4.43. The van der Waals surface area contributed by atoms with Gasteiger partial charge in [0.1, 0.15) is 5.76 Å². The molecule has 4 rings (SSSR count). The van der Waals surface area contributed by atoms with Crippen molar-refractivity contribution in [2.75, 3.05) is 32.7 Å². The van der Waals surface area contributed by atoms with Crippen molar-refractivity contribution in [1.82, 2.24) is 14.8 Å². The second-order valence-corrected chi connectivity index (χ2v) is 8.78. The van der Waals surface area contributed by atoms with E-state index in [4.69, 9.17) is 16.0 Å². The van der Waals surface area contributed by atoms with E-state index in [-0.39, 0.29) is 11.8 Å². The highest BCUT2D eigenvalue weighted by Crippen LogP contribution is 2.27. The molecule has 1 atom stereocenters. The number of benzene rings is 1. The van der Waals surface area contributed by atoms with Crippen LogP contribution in [0.2, 0.25) is 5.02 Å². The number of likely N-dealkylation sites (tertiary alicyclic amines) is 2. The lowest BCUT2D eigenvalue weighted by Crippen LogP contribution is -2.44. The Bertz CT molecular complexity index is 814. The van der Waals surface area contributed by atoms with Gasteiger partial charge in [-0.3, -0.25) is 9.69 Å². The third-order valence-electron chi connectivity index (χ3n) is 6.02. The quantitative estimate of drug-likeness (QED) is 0.721. The van der Waals surface area contributed by atoms with Crippen molar-refractivity contribution < 1.29 is 9.21 Å². The van der Waals surface area contributed by atoms with E-state index in [1.54, 1.807) is 0 Å². The molecular weight excluding hydrogens is 386 g/mol. The van der Waals surface area contributed by atoms with Gasteiger partial charge < -0.3 is 9.32 Å². The van der Waals surface area contributed by atoms with E-state index in [2.05, 4.69) is 9.88 Å². The number of hydrogen-bond donors (Lipinski definition) is 0. The van der Waals surface area contributed by atoms with Crippen molar-refractivity contribution in [2.45, 2.75) is 50.9 Å². The maximum atomic E-state index is 12.9. The van der Waals surface area contributed by atoms with Crippen LogP contribution in [0.5, 0.6) is 0 Å². The first-order chi connectivity index (χ1) is 14.2. The molecule has 1 aromatic heterocycles. The molecule has 1 aromatic carbocycles. The van der Waals surface area contributed by atoms with Gasteiger partial charge in [0.05, 0.1) is 18.7 Å². The fourth-order valence-corrected chi connectivity index (χ4v) is 4.64. The van der Waals surface area contributed by atoms with Gasteiger partial charge in [0.15, 0.2) is 5.89 Å². The summed E-state index contributed by atoms with van der Waals surface area (Å²) in [4.78, 5) is 21.7. The first kappa shape index (κ1) is 20.4. The van der Waals surface area contributed by atoms with Crippen LogP contribution in [0.25, 0.3) is 0 Å². The average molecular weight is 416 g/mol. The first-order valence-electron chi connectivity index (χ1n) is 10.9. The predicted octanol–water partition coefficient (Wildman–Crippen LogP) is 4.50. The summed E-state index contributed by atoms with van der Waals surface area (Å²) in [6.07, 6.45) is 9.51. The summed E-state index contributed by atoms with van der Waals surface area (Å²) in [6.45, 7) is 4.21. The lowest BCUT2D eigenvalue weighted by molar-refractivity contribution is -0.133. The molecule has 3 heterocycles. The Morgan fingerprint density at radius 1 is 1.14 bits per heavy atom. The zero-order valence-corrected chi connectivity index (χ0v) is 17.7. The molecule has 1 unspecified atom stereocenters. The van der Waals surface area contributed by atoms with Crippen LogP contribution in [-0.2, 0) is 11.2 Å². The topological polar surface area (TPSA) is 49.6 Å². The molecule has 6 heteroatoms. The Morgan fingerprint density at radius 3 is 2.76 bits per heavy atom. The normalized spacial score (nSPS) is 21.1. The number of carbonyl (C=O) groups excluding carboxylic acids is 1. The van der Waals surface area contributed by atoms with Crippen LogP contribution < -0.4 is 0 Å². The van der Waals surface area contributed by atoms with Gasteiger partial charge in [0, 0.05) is 24.5 Å². The number of aromatic nitrogens is 1. The summed E-state index contributed by atoms with van der Waals surface area (Å²) in [5.74, 6) is 2.04. The van der Waals surface area contributed by atoms with E-state index in [0.29, 0.717) is 19.5 Å². The number of oxazole rings is 1. The highest BCUT2D eigenvalue weighted by molar-refractivity contribution is 6.30. The number of halogens is 1. The lowest BCUT2D eigenvalue weighted by Gasteiger charge is -2.33.